The van der Waals surface area contributed by atoms with Gasteiger partial charge in [0.05, 0.1) is 5.75 Å². The molecular formula is C21H24N4OS. The Bertz CT molecular complexity index is 921. The molecule has 27 heavy (non-hydrogen) atoms. The van der Waals surface area contributed by atoms with Gasteiger partial charge in [-0.15, -0.1) is 10.2 Å². The van der Waals surface area contributed by atoms with Gasteiger partial charge in [-0.2, -0.15) is 0 Å². The van der Waals surface area contributed by atoms with E-state index in [0.717, 1.165) is 46.3 Å². The molecule has 1 heterocycles. The van der Waals surface area contributed by atoms with Gasteiger partial charge in [0.15, 0.2) is 11.0 Å². The van der Waals surface area contributed by atoms with Gasteiger partial charge < -0.3 is 9.88 Å². The molecule has 140 valence electrons. The van der Waals surface area contributed by atoms with E-state index in [1.807, 2.05) is 62.4 Å². The Balaban J connectivity index is 1.71. The Kier molecular flexibility index (Phi) is 6.29. The Hall–Kier alpha value is -2.60. The van der Waals surface area contributed by atoms with Gasteiger partial charge in [-0.05, 0) is 37.5 Å². The second-order valence-corrected chi connectivity index (χ2v) is 7.35. The Labute approximate surface area is 164 Å². The molecule has 0 radical (unpaired) electrons. The summed E-state index contributed by atoms with van der Waals surface area (Å²) in [6.45, 7) is 6.99. The second-order valence-electron chi connectivity index (χ2n) is 6.41. The van der Waals surface area contributed by atoms with Crippen LogP contribution in [0.3, 0.4) is 0 Å². The maximum atomic E-state index is 12.4. The summed E-state index contributed by atoms with van der Waals surface area (Å²) in [4.78, 5) is 12.4. The maximum Gasteiger partial charge on any atom is 0.234 e. The standard InChI is InChI=1S/C21H24N4OS/c1-4-13-25-20(17-10-6-5-7-11-17)23-24-21(25)27-14-19(26)22-18-12-8-9-15(2)16(18)3/h5-12H,4,13-14H2,1-3H3,(H,22,26). The summed E-state index contributed by atoms with van der Waals surface area (Å²) in [5.74, 6) is 1.10. The molecule has 3 rings (SSSR count). The zero-order valence-corrected chi connectivity index (χ0v) is 16.7. The van der Waals surface area contributed by atoms with E-state index in [1.165, 1.54) is 11.8 Å². The van der Waals surface area contributed by atoms with E-state index in [-0.39, 0.29) is 5.91 Å². The molecule has 6 heteroatoms. The molecule has 0 unspecified atom stereocenters. The smallest absolute Gasteiger partial charge is 0.234 e. The number of rotatable bonds is 7. The fraction of sp³-hybridized carbons (Fsp3) is 0.286. The summed E-state index contributed by atoms with van der Waals surface area (Å²) < 4.78 is 2.09. The van der Waals surface area contributed by atoms with E-state index in [4.69, 9.17) is 0 Å². The molecule has 0 aliphatic heterocycles. The Morgan fingerprint density at radius 2 is 1.85 bits per heavy atom. The van der Waals surface area contributed by atoms with Crippen molar-refractivity contribution in [2.24, 2.45) is 0 Å². The first kappa shape index (κ1) is 19.2. The molecule has 1 amide bonds. The van der Waals surface area contributed by atoms with Gasteiger partial charge in [0, 0.05) is 17.8 Å². The van der Waals surface area contributed by atoms with Crippen molar-refractivity contribution in [3.05, 3.63) is 59.7 Å². The molecule has 0 bridgehead atoms. The molecular weight excluding hydrogens is 356 g/mol. The van der Waals surface area contributed by atoms with Gasteiger partial charge in [0.25, 0.3) is 0 Å². The monoisotopic (exact) mass is 380 g/mol. The van der Waals surface area contributed by atoms with Gasteiger partial charge in [-0.1, -0.05) is 61.2 Å². The lowest BCUT2D eigenvalue weighted by Crippen LogP contribution is -2.15. The van der Waals surface area contributed by atoms with Crippen molar-refractivity contribution >= 4 is 23.4 Å². The zero-order valence-electron chi connectivity index (χ0n) is 15.9. The number of carbonyl (C=O) groups is 1. The van der Waals surface area contributed by atoms with E-state index in [9.17, 15) is 4.79 Å². The molecule has 5 nitrogen and oxygen atoms in total. The molecule has 0 aliphatic carbocycles. The van der Waals surface area contributed by atoms with Crippen LogP contribution >= 0.6 is 11.8 Å². The van der Waals surface area contributed by atoms with Crippen LogP contribution in [0.4, 0.5) is 5.69 Å². The van der Waals surface area contributed by atoms with Crippen molar-refractivity contribution in [3.63, 3.8) is 0 Å². The molecule has 1 aromatic heterocycles. The third-order valence-corrected chi connectivity index (χ3v) is 5.37. The topological polar surface area (TPSA) is 59.8 Å². The average Bonchev–Trinajstić information content (AvgIpc) is 3.07. The molecule has 0 saturated heterocycles. The first-order valence-corrected chi connectivity index (χ1v) is 10.1. The van der Waals surface area contributed by atoms with Crippen molar-refractivity contribution in [3.8, 4) is 11.4 Å². The first-order valence-electron chi connectivity index (χ1n) is 9.07. The predicted octanol–water partition coefficient (Wildman–Crippen LogP) is 4.70. The number of carbonyl (C=O) groups excluding carboxylic acids is 1. The minimum absolute atomic E-state index is 0.0407. The summed E-state index contributed by atoms with van der Waals surface area (Å²) in [6.07, 6.45) is 0.972. The van der Waals surface area contributed by atoms with Gasteiger partial charge in [0.2, 0.25) is 5.91 Å². The quantitative estimate of drug-likeness (QED) is 0.604. The number of aromatic nitrogens is 3. The highest BCUT2D eigenvalue weighted by molar-refractivity contribution is 7.99. The van der Waals surface area contributed by atoms with Crippen molar-refractivity contribution < 1.29 is 4.79 Å². The van der Waals surface area contributed by atoms with Crippen molar-refractivity contribution in [1.82, 2.24) is 14.8 Å². The maximum absolute atomic E-state index is 12.4. The average molecular weight is 381 g/mol. The molecule has 0 atom stereocenters. The second kappa shape index (κ2) is 8.86. The third-order valence-electron chi connectivity index (χ3n) is 4.41. The molecule has 0 spiro atoms. The van der Waals surface area contributed by atoms with Crippen LogP contribution in [0, 0.1) is 13.8 Å². The fourth-order valence-electron chi connectivity index (χ4n) is 2.82. The van der Waals surface area contributed by atoms with Crippen LogP contribution in [-0.2, 0) is 11.3 Å². The first-order chi connectivity index (χ1) is 13.1. The number of hydrogen-bond acceptors (Lipinski definition) is 4. The Morgan fingerprint density at radius 1 is 1.07 bits per heavy atom. The lowest BCUT2D eigenvalue weighted by Gasteiger charge is -2.11. The molecule has 2 aromatic carbocycles. The lowest BCUT2D eigenvalue weighted by molar-refractivity contribution is -0.113. The molecule has 3 aromatic rings. The van der Waals surface area contributed by atoms with E-state index >= 15 is 0 Å². The number of benzene rings is 2. The summed E-state index contributed by atoms with van der Waals surface area (Å²) in [5.41, 5.74) is 4.15. The zero-order chi connectivity index (χ0) is 19.2. The van der Waals surface area contributed by atoms with Crippen LogP contribution in [0.15, 0.2) is 53.7 Å². The molecule has 0 fully saturated rings. The Morgan fingerprint density at radius 3 is 2.59 bits per heavy atom. The van der Waals surface area contributed by atoms with E-state index in [0.29, 0.717) is 5.75 Å². The van der Waals surface area contributed by atoms with E-state index in [2.05, 4.69) is 27.0 Å². The van der Waals surface area contributed by atoms with Crippen LogP contribution in [0.2, 0.25) is 0 Å². The van der Waals surface area contributed by atoms with Crippen molar-refractivity contribution in [2.75, 3.05) is 11.1 Å². The van der Waals surface area contributed by atoms with Crippen LogP contribution in [0.5, 0.6) is 0 Å². The van der Waals surface area contributed by atoms with Gasteiger partial charge in [0.1, 0.15) is 0 Å². The fourth-order valence-corrected chi connectivity index (χ4v) is 3.59. The SMILES string of the molecule is CCCn1c(SCC(=O)Nc2cccc(C)c2C)nnc1-c1ccccc1. The van der Waals surface area contributed by atoms with Gasteiger partial charge in [-0.3, -0.25) is 4.79 Å². The summed E-state index contributed by atoms with van der Waals surface area (Å²) in [5, 5.41) is 12.4. The number of nitrogens with one attached hydrogen (secondary N) is 1. The number of amides is 1. The van der Waals surface area contributed by atoms with Crippen LogP contribution in [0.25, 0.3) is 11.4 Å². The number of thioether (sulfide) groups is 1. The van der Waals surface area contributed by atoms with Crippen molar-refractivity contribution in [1.29, 1.82) is 0 Å². The third kappa shape index (κ3) is 4.57. The number of nitrogens with zero attached hydrogens (tertiary/aromatic N) is 3. The predicted molar refractivity (Wildman–Crippen MR) is 111 cm³/mol. The minimum Gasteiger partial charge on any atom is -0.325 e. The highest BCUT2D eigenvalue weighted by Gasteiger charge is 2.15. The van der Waals surface area contributed by atoms with Crippen LogP contribution in [0.1, 0.15) is 24.5 Å². The summed E-state index contributed by atoms with van der Waals surface area (Å²) >= 11 is 1.42. The number of hydrogen-bond donors (Lipinski definition) is 1. The molecule has 0 saturated carbocycles. The lowest BCUT2D eigenvalue weighted by atomic mass is 10.1. The summed E-state index contributed by atoms with van der Waals surface area (Å²) in [7, 11) is 0. The normalized spacial score (nSPS) is 10.8. The number of anilines is 1. The summed E-state index contributed by atoms with van der Waals surface area (Å²) in [6, 6.07) is 15.9. The van der Waals surface area contributed by atoms with Gasteiger partial charge in [-0.25, -0.2) is 0 Å². The van der Waals surface area contributed by atoms with E-state index < -0.39 is 0 Å². The van der Waals surface area contributed by atoms with E-state index in [1.54, 1.807) is 0 Å². The van der Waals surface area contributed by atoms with Crippen LogP contribution < -0.4 is 5.32 Å². The minimum atomic E-state index is -0.0407. The highest BCUT2D eigenvalue weighted by atomic mass is 32.2. The molecule has 0 aliphatic rings. The van der Waals surface area contributed by atoms with Crippen LogP contribution in [-0.4, -0.2) is 26.4 Å². The largest absolute Gasteiger partial charge is 0.325 e. The van der Waals surface area contributed by atoms with Crippen molar-refractivity contribution in [2.45, 2.75) is 38.9 Å². The number of aryl methyl sites for hydroxylation is 1. The highest BCUT2D eigenvalue weighted by Crippen LogP contribution is 2.25. The van der Waals surface area contributed by atoms with Gasteiger partial charge >= 0.3 is 0 Å². The molecule has 1 N–H and O–H groups in total.